The van der Waals surface area contributed by atoms with E-state index in [4.69, 9.17) is 11.5 Å². The van der Waals surface area contributed by atoms with E-state index in [0.717, 1.165) is 22.2 Å². The molecule has 3 rings (SSSR count). The maximum atomic E-state index is 6.23. The Morgan fingerprint density at radius 3 is 2.68 bits per heavy atom. The van der Waals surface area contributed by atoms with Crippen molar-refractivity contribution < 1.29 is 0 Å². The molecule has 19 heavy (non-hydrogen) atoms. The molecule has 0 saturated heterocycles. The van der Waals surface area contributed by atoms with Crippen molar-refractivity contribution >= 4 is 16.6 Å². The number of hydrogen-bond donors (Lipinski definition) is 2. The molecule has 4 nitrogen and oxygen atoms in total. The fourth-order valence-electron chi connectivity index (χ4n) is 2.09. The Labute approximate surface area is 111 Å². The Morgan fingerprint density at radius 2 is 1.84 bits per heavy atom. The van der Waals surface area contributed by atoms with Gasteiger partial charge in [0.15, 0.2) is 0 Å². The average molecular weight is 250 g/mol. The first-order chi connectivity index (χ1) is 9.25. The predicted molar refractivity (Wildman–Crippen MR) is 76.4 cm³/mol. The second-order valence-corrected chi connectivity index (χ2v) is 4.41. The SMILES string of the molecule is Nc1ccncc1C(N)c1ccc2ccccc2n1. The summed E-state index contributed by atoms with van der Waals surface area (Å²) in [6.45, 7) is 0. The van der Waals surface area contributed by atoms with Crippen molar-refractivity contribution in [1.29, 1.82) is 0 Å². The smallest absolute Gasteiger partial charge is 0.0762 e. The van der Waals surface area contributed by atoms with Crippen LogP contribution in [0.25, 0.3) is 10.9 Å². The number of hydrogen-bond acceptors (Lipinski definition) is 4. The zero-order valence-electron chi connectivity index (χ0n) is 10.3. The molecule has 94 valence electrons. The maximum Gasteiger partial charge on any atom is 0.0762 e. The fraction of sp³-hybridized carbons (Fsp3) is 0.0667. The molecule has 1 atom stereocenters. The molecule has 2 aromatic heterocycles. The molecule has 0 amide bonds. The van der Waals surface area contributed by atoms with Gasteiger partial charge in [-0.3, -0.25) is 9.97 Å². The number of rotatable bonds is 2. The van der Waals surface area contributed by atoms with E-state index < -0.39 is 0 Å². The lowest BCUT2D eigenvalue weighted by Crippen LogP contribution is -2.15. The zero-order chi connectivity index (χ0) is 13.2. The normalized spacial score (nSPS) is 12.5. The minimum atomic E-state index is -0.363. The largest absolute Gasteiger partial charge is 0.398 e. The number of benzene rings is 1. The molecular formula is C15H14N4. The van der Waals surface area contributed by atoms with Crippen LogP contribution in [0.1, 0.15) is 17.3 Å². The summed E-state index contributed by atoms with van der Waals surface area (Å²) in [4.78, 5) is 8.65. The van der Waals surface area contributed by atoms with Crippen molar-refractivity contribution in [3.05, 3.63) is 66.1 Å². The van der Waals surface area contributed by atoms with Gasteiger partial charge in [-0.15, -0.1) is 0 Å². The lowest BCUT2D eigenvalue weighted by Gasteiger charge is -2.13. The van der Waals surface area contributed by atoms with E-state index in [1.807, 2.05) is 36.4 Å². The molecule has 0 fully saturated rings. The number of aromatic nitrogens is 2. The number of nitrogen functional groups attached to an aromatic ring is 1. The number of fused-ring (bicyclic) bond motifs is 1. The fourth-order valence-corrected chi connectivity index (χ4v) is 2.09. The second kappa shape index (κ2) is 4.66. The highest BCUT2D eigenvalue weighted by molar-refractivity contribution is 5.78. The van der Waals surface area contributed by atoms with Gasteiger partial charge in [0.1, 0.15) is 0 Å². The van der Waals surface area contributed by atoms with Crippen LogP contribution in [0.4, 0.5) is 5.69 Å². The van der Waals surface area contributed by atoms with Gasteiger partial charge in [0.2, 0.25) is 0 Å². The van der Waals surface area contributed by atoms with Crippen LogP contribution < -0.4 is 11.5 Å². The number of para-hydroxylation sites is 1. The number of anilines is 1. The summed E-state index contributed by atoms with van der Waals surface area (Å²) in [7, 11) is 0. The summed E-state index contributed by atoms with van der Waals surface area (Å²) in [6, 6.07) is 13.3. The topological polar surface area (TPSA) is 77.8 Å². The van der Waals surface area contributed by atoms with Gasteiger partial charge in [-0.25, -0.2) is 0 Å². The van der Waals surface area contributed by atoms with E-state index >= 15 is 0 Å². The minimum Gasteiger partial charge on any atom is -0.398 e. The van der Waals surface area contributed by atoms with Crippen LogP contribution in [0.15, 0.2) is 54.9 Å². The maximum absolute atomic E-state index is 6.23. The van der Waals surface area contributed by atoms with Gasteiger partial charge in [0.25, 0.3) is 0 Å². The molecule has 0 aliphatic heterocycles. The molecule has 3 aromatic rings. The first-order valence-corrected chi connectivity index (χ1v) is 6.06. The molecule has 0 saturated carbocycles. The highest BCUT2D eigenvalue weighted by Gasteiger charge is 2.13. The summed E-state index contributed by atoms with van der Waals surface area (Å²) >= 11 is 0. The van der Waals surface area contributed by atoms with Crippen LogP contribution in [-0.2, 0) is 0 Å². The van der Waals surface area contributed by atoms with Crippen LogP contribution in [0.2, 0.25) is 0 Å². The number of nitrogens with two attached hydrogens (primary N) is 2. The standard InChI is InChI=1S/C15H14N4/c16-12-7-8-18-9-11(12)15(17)14-6-5-10-3-1-2-4-13(10)19-14/h1-9,15H,17H2,(H2,16,18). The summed E-state index contributed by atoms with van der Waals surface area (Å²) < 4.78 is 0. The van der Waals surface area contributed by atoms with Gasteiger partial charge >= 0.3 is 0 Å². The number of pyridine rings is 2. The summed E-state index contributed by atoms with van der Waals surface area (Å²) in [5, 5.41) is 1.10. The van der Waals surface area contributed by atoms with Crippen LogP contribution in [0.5, 0.6) is 0 Å². The van der Waals surface area contributed by atoms with Gasteiger partial charge in [0, 0.05) is 29.0 Å². The molecule has 0 radical (unpaired) electrons. The van der Waals surface area contributed by atoms with Gasteiger partial charge < -0.3 is 11.5 Å². The van der Waals surface area contributed by atoms with Gasteiger partial charge in [-0.1, -0.05) is 24.3 Å². The highest BCUT2D eigenvalue weighted by Crippen LogP contribution is 2.23. The van der Waals surface area contributed by atoms with Crippen molar-refractivity contribution in [2.75, 3.05) is 5.73 Å². The molecule has 0 aliphatic carbocycles. The number of nitrogens with zero attached hydrogens (tertiary/aromatic N) is 2. The monoisotopic (exact) mass is 250 g/mol. The Hall–Kier alpha value is -2.46. The highest BCUT2D eigenvalue weighted by atomic mass is 14.8. The third-order valence-electron chi connectivity index (χ3n) is 3.16. The zero-order valence-corrected chi connectivity index (χ0v) is 10.3. The van der Waals surface area contributed by atoms with Crippen molar-refractivity contribution in [3.8, 4) is 0 Å². The first-order valence-electron chi connectivity index (χ1n) is 6.06. The molecule has 0 aliphatic rings. The van der Waals surface area contributed by atoms with Crippen LogP contribution in [-0.4, -0.2) is 9.97 Å². The van der Waals surface area contributed by atoms with E-state index in [-0.39, 0.29) is 6.04 Å². The molecule has 4 N–H and O–H groups in total. The molecule has 2 heterocycles. The first kappa shape index (κ1) is 11.6. The van der Waals surface area contributed by atoms with Crippen molar-refractivity contribution in [2.24, 2.45) is 5.73 Å². The Balaban J connectivity index is 2.07. The van der Waals surface area contributed by atoms with E-state index in [2.05, 4.69) is 9.97 Å². The van der Waals surface area contributed by atoms with Gasteiger partial charge in [0.05, 0.1) is 17.3 Å². The quantitative estimate of drug-likeness (QED) is 0.731. The van der Waals surface area contributed by atoms with Gasteiger partial charge in [-0.05, 0) is 18.2 Å². The van der Waals surface area contributed by atoms with E-state index in [9.17, 15) is 0 Å². The molecular weight excluding hydrogens is 236 g/mol. The predicted octanol–water partition coefficient (Wildman–Crippen LogP) is 2.26. The third-order valence-corrected chi connectivity index (χ3v) is 3.16. The molecule has 1 unspecified atom stereocenters. The Bertz CT molecular complexity index is 724. The molecule has 0 spiro atoms. The Morgan fingerprint density at radius 1 is 1.00 bits per heavy atom. The average Bonchev–Trinajstić information content (AvgIpc) is 2.46. The molecule has 0 bridgehead atoms. The van der Waals surface area contributed by atoms with Crippen LogP contribution in [0.3, 0.4) is 0 Å². The summed E-state index contributed by atoms with van der Waals surface area (Å²) in [5.41, 5.74) is 15.3. The van der Waals surface area contributed by atoms with Crippen molar-refractivity contribution in [1.82, 2.24) is 9.97 Å². The summed E-state index contributed by atoms with van der Waals surface area (Å²) in [6.07, 6.45) is 3.34. The minimum absolute atomic E-state index is 0.363. The van der Waals surface area contributed by atoms with E-state index in [0.29, 0.717) is 5.69 Å². The third kappa shape index (κ3) is 2.13. The van der Waals surface area contributed by atoms with Crippen LogP contribution >= 0.6 is 0 Å². The lowest BCUT2D eigenvalue weighted by atomic mass is 10.0. The molecule has 4 heteroatoms. The molecule has 1 aromatic carbocycles. The second-order valence-electron chi connectivity index (χ2n) is 4.41. The van der Waals surface area contributed by atoms with Gasteiger partial charge in [-0.2, -0.15) is 0 Å². The van der Waals surface area contributed by atoms with Crippen molar-refractivity contribution in [2.45, 2.75) is 6.04 Å². The van der Waals surface area contributed by atoms with E-state index in [1.54, 1.807) is 18.5 Å². The Kier molecular flexibility index (Phi) is 2.85. The lowest BCUT2D eigenvalue weighted by molar-refractivity contribution is 0.832. The van der Waals surface area contributed by atoms with Crippen molar-refractivity contribution in [3.63, 3.8) is 0 Å². The van der Waals surface area contributed by atoms with Crippen LogP contribution in [0, 0.1) is 0 Å². The van der Waals surface area contributed by atoms with E-state index in [1.165, 1.54) is 0 Å². The summed E-state index contributed by atoms with van der Waals surface area (Å²) in [5.74, 6) is 0.